The lowest BCUT2D eigenvalue weighted by molar-refractivity contribution is -0.267. The maximum absolute atomic E-state index is 9.35. The van der Waals surface area contributed by atoms with E-state index in [1.807, 2.05) is 0 Å². The summed E-state index contributed by atoms with van der Waals surface area (Å²) in [5.41, 5.74) is 5.42. The molecule has 1 saturated heterocycles. The highest BCUT2D eigenvalue weighted by atomic mass is 32.3. The van der Waals surface area contributed by atoms with Crippen LogP contribution in [0.15, 0.2) is 0 Å². The average molecular weight is 292 g/mol. The van der Waals surface area contributed by atoms with Crippen molar-refractivity contribution in [3.63, 3.8) is 0 Å². The minimum absolute atomic E-state index is 0.440. The first-order valence-corrected chi connectivity index (χ1v) is 5.95. The Labute approximate surface area is 102 Å². The van der Waals surface area contributed by atoms with Crippen molar-refractivity contribution >= 4 is 10.4 Å². The zero-order valence-electron chi connectivity index (χ0n) is 9.03. The van der Waals surface area contributed by atoms with Crippen molar-refractivity contribution in [2.24, 2.45) is 11.6 Å². The maximum Gasteiger partial charge on any atom is 0.394 e. The predicted molar refractivity (Wildman–Crippen MR) is 55.2 cm³/mol. The highest BCUT2D eigenvalue weighted by Crippen LogP contribution is 2.19. The Kier molecular flexibility index (Phi) is 7.08. The van der Waals surface area contributed by atoms with E-state index < -0.39 is 47.6 Å². The van der Waals surface area contributed by atoms with Gasteiger partial charge in [0.1, 0.15) is 18.3 Å². The minimum Gasteiger partial charge on any atom is -0.394 e. The number of rotatable bonds is 2. The molecule has 1 aliphatic heterocycles. The SMILES string of the molecule is NOC1O[C@H](CO)[C@@H](O)[C@H](O)[C@H]1N.O=S(=O)(O)O. The fourth-order valence-corrected chi connectivity index (χ4v) is 1.23. The number of aliphatic hydroxyl groups is 3. The van der Waals surface area contributed by atoms with Gasteiger partial charge < -0.3 is 25.8 Å². The second kappa shape index (κ2) is 7.25. The van der Waals surface area contributed by atoms with Gasteiger partial charge in [-0.2, -0.15) is 8.42 Å². The number of ether oxygens (including phenoxy) is 1. The summed E-state index contributed by atoms with van der Waals surface area (Å²) in [6, 6.07) is -0.928. The van der Waals surface area contributed by atoms with Crippen LogP contribution in [0.25, 0.3) is 0 Å². The molecule has 110 valence electrons. The van der Waals surface area contributed by atoms with Gasteiger partial charge in [-0.05, 0) is 0 Å². The quantitative estimate of drug-likeness (QED) is 0.193. The molecule has 11 nitrogen and oxygen atoms in total. The molecule has 9 N–H and O–H groups in total. The van der Waals surface area contributed by atoms with Gasteiger partial charge in [0, 0.05) is 0 Å². The highest BCUT2D eigenvalue weighted by molar-refractivity contribution is 7.79. The fourth-order valence-electron chi connectivity index (χ4n) is 1.23. The van der Waals surface area contributed by atoms with Crippen molar-refractivity contribution in [1.82, 2.24) is 0 Å². The number of hydrogen-bond donors (Lipinski definition) is 7. The molecule has 0 saturated carbocycles. The van der Waals surface area contributed by atoms with E-state index in [0.29, 0.717) is 0 Å². The van der Waals surface area contributed by atoms with Crippen LogP contribution in [-0.2, 0) is 20.0 Å². The molecule has 1 heterocycles. The highest BCUT2D eigenvalue weighted by Gasteiger charge is 2.42. The molecular formula is C6H16N2O9S. The first-order valence-electron chi connectivity index (χ1n) is 4.55. The van der Waals surface area contributed by atoms with Crippen molar-refractivity contribution in [3.05, 3.63) is 0 Å². The monoisotopic (exact) mass is 292 g/mol. The van der Waals surface area contributed by atoms with Crippen molar-refractivity contribution in [2.45, 2.75) is 30.6 Å². The predicted octanol–water partition coefficient (Wildman–Crippen LogP) is -4.01. The number of hydrogen-bond acceptors (Lipinski definition) is 9. The van der Waals surface area contributed by atoms with Crippen LogP contribution in [0, 0.1) is 0 Å². The Hall–Kier alpha value is -0.410. The summed E-state index contributed by atoms with van der Waals surface area (Å²) >= 11 is 0. The lowest BCUT2D eigenvalue weighted by atomic mass is 9.98. The minimum atomic E-state index is -4.67. The second-order valence-electron chi connectivity index (χ2n) is 3.37. The van der Waals surface area contributed by atoms with Gasteiger partial charge in [-0.15, -0.1) is 0 Å². The topological polar surface area (TPSA) is 206 Å². The third-order valence-electron chi connectivity index (χ3n) is 2.06. The normalized spacial score (nSPS) is 36.7. The Morgan fingerprint density at radius 3 is 2.00 bits per heavy atom. The zero-order chi connectivity index (χ0) is 14.5. The van der Waals surface area contributed by atoms with Crippen LogP contribution in [-0.4, -0.2) is 70.1 Å². The van der Waals surface area contributed by atoms with Crippen LogP contribution in [0.1, 0.15) is 0 Å². The van der Waals surface area contributed by atoms with Crippen molar-refractivity contribution in [3.8, 4) is 0 Å². The first-order chi connectivity index (χ1) is 8.11. The molecule has 0 radical (unpaired) electrons. The first kappa shape index (κ1) is 17.6. The van der Waals surface area contributed by atoms with Gasteiger partial charge in [-0.25, -0.2) is 5.90 Å². The third-order valence-corrected chi connectivity index (χ3v) is 2.06. The molecule has 5 atom stereocenters. The maximum atomic E-state index is 9.35. The Bertz CT molecular complexity index is 308. The van der Waals surface area contributed by atoms with Crippen LogP contribution >= 0.6 is 0 Å². The van der Waals surface area contributed by atoms with Gasteiger partial charge in [0.2, 0.25) is 0 Å². The molecule has 0 aromatic heterocycles. The molecule has 1 fully saturated rings. The van der Waals surface area contributed by atoms with Crippen LogP contribution < -0.4 is 11.6 Å². The van der Waals surface area contributed by atoms with Gasteiger partial charge in [-0.3, -0.25) is 13.9 Å². The van der Waals surface area contributed by atoms with Gasteiger partial charge in [0.25, 0.3) is 0 Å². The van der Waals surface area contributed by atoms with E-state index in [1.54, 1.807) is 0 Å². The van der Waals surface area contributed by atoms with Crippen LogP contribution in [0.3, 0.4) is 0 Å². The lowest BCUT2D eigenvalue weighted by Crippen LogP contribution is -2.62. The van der Waals surface area contributed by atoms with Gasteiger partial charge in [0.15, 0.2) is 6.29 Å². The fraction of sp³-hybridized carbons (Fsp3) is 1.00. The summed E-state index contributed by atoms with van der Waals surface area (Å²) < 4.78 is 36.5. The van der Waals surface area contributed by atoms with Crippen molar-refractivity contribution < 1.29 is 42.4 Å². The summed E-state index contributed by atoms with van der Waals surface area (Å²) in [6.45, 7) is -0.440. The van der Waals surface area contributed by atoms with E-state index in [-0.39, 0.29) is 0 Å². The largest absolute Gasteiger partial charge is 0.394 e. The standard InChI is InChI=1S/C6H14N2O5.H2O4S/c7-3-5(11)4(10)2(1-9)12-6(3)13-8;1-5(2,3)4/h2-6,9-11H,1,7-8H2;(H2,1,2,3,4)/t2-,3-,4-,5-,6?;/m1./s1. The summed E-state index contributed by atoms with van der Waals surface area (Å²) in [4.78, 5) is 4.32. The Balaban J connectivity index is 0.000000494. The molecule has 0 aromatic rings. The average Bonchev–Trinajstić information content (AvgIpc) is 2.24. The van der Waals surface area contributed by atoms with E-state index in [0.717, 1.165) is 0 Å². The molecule has 0 bridgehead atoms. The molecule has 18 heavy (non-hydrogen) atoms. The molecule has 0 spiro atoms. The lowest BCUT2D eigenvalue weighted by Gasteiger charge is -2.39. The molecule has 0 aromatic carbocycles. The Morgan fingerprint density at radius 1 is 1.22 bits per heavy atom. The van der Waals surface area contributed by atoms with Crippen molar-refractivity contribution in [2.75, 3.05) is 6.61 Å². The van der Waals surface area contributed by atoms with Crippen LogP contribution in [0.5, 0.6) is 0 Å². The van der Waals surface area contributed by atoms with Crippen molar-refractivity contribution in [1.29, 1.82) is 0 Å². The van der Waals surface area contributed by atoms with Gasteiger partial charge >= 0.3 is 10.4 Å². The van der Waals surface area contributed by atoms with E-state index in [2.05, 4.69) is 4.84 Å². The summed E-state index contributed by atoms with van der Waals surface area (Å²) in [5, 5.41) is 27.4. The van der Waals surface area contributed by atoms with Crippen LogP contribution in [0.4, 0.5) is 0 Å². The van der Waals surface area contributed by atoms with E-state index in [9.17, 15) is 10.2 Å². The molecule has 0 amide bonds. The molecule has 1 rings (SSSR count). The third kappa shape index (κ3) is 5.96. The molecular weight excluding hydrogens is 276 g/mol. The van der Waals surface area contributed by atoms with E-state index in [1.165, 1.54) is 0 Å². The molecule has 12 heteroatoms. The summed E-state index contributed by atoms with van der Waals surface area (Å²) in [7, 11) is -4.67. The van der Waals surface area contributed by atoms with Gasteiger partial charge in [0.05, 0.1) is 12.6 Å². The molecule has 0 aliphatic carbocycles. The Morgan fingerprint density at radius 2 is 1.67 bits per heavy atom. The van der Waals surface area contributed by atoms with Crippen LogP contribution in [0.2, 0.25) is 0 Å². The summed E-state index contributed by atoms with van der Waals surface area (Å²) in [6.07, 6.45) is -4.40. The van der Waals surface area contributed by atoms with E-state index >= 15 is 0 Å². The molecule has 1 aliphatic rings. The smallest absolute Gasteiger partial charge is 0.394 e. The second-order valence-corrected chi connectivity index (χ2v) is 4.26. The van der Waals surface area contributed by atoms with E-state index in [4.69, 9.17) is 39.0 Å². The summed E-state index contributed by atoms with van der Waals surface area (Å²) in [5.74, 6) is 4.84. The molecule has 1 unspecified atom stereocenters. The number of nitrogens with two attached hydrogens (primary N) is 2. The van der Waals surface area contributed by atoms with Gasteiger partial charge in [-0.1, -0.05) is 0 Å². The number of aliphatic hydroxyl groups excluding tert-OH is 3. The zero-order valence-corrected chi connectivity index (χ0v) is 9.84.